The number of para-hydroxylation sites is 1. The molecule has 0 aliphatic rings. The van der Waals surface area contributed by atoms with Gasteiger partial charge in [-0.15, -0.1) is 0 Å². The van der Waals surface area contributed by atoms with E-state index in [9.17, 15) is 9.59 Å². The Kier molecular flexibility index (Phi) is 5.17. The second kappa shape index (κ2) is 6.64. The fraction of sp³-hybridized carbons (Fsp3) is 0.385. The quantitative estimate of drug-likeness (QED) is 0.571. The molecular formula is C13H16O5. The highest BCUT2D eigenvalue weighted by atomic mass is 16.6. The maximum Gasteiger partial charge on any atom is 0.347 e. The van der Waals surface area contributed by atoms with Gasteiger partial charge in [0.1, 0.15) is 0 Å². The Balaban J connectivity index is 2.90. The van der Waals surface area contributed by atoms with E-state index in [0.29, 0.717) is 23.3 Å². The minimum absolute atomic E-state index is 0.290. The molecule has 0 spiro atoms. The van der Waals surface area contributed by atoms with Crippen LogP contribution < -0.4 is 9.47 Å². The number of esters is 1. The lowest BCUT2D eigenvalue weighted by atomic mass is 10.2. The van der Waals surface area contributed by atoms with Crippen LogP contribution in [0.15, 0.2) is 18.2 Å². The Bertz CT molecular complexity index is 427. The number of benzene rings is 1. The summed E-state index contributed by atoms with van der Waals surface area (Å²) in [6.45, 7) is 3.58. The zero-order chi connectivity index (χ0) is 13.5. The van der Waals surface area contributed by atoms with Crippen molar-refractivity contribution in [2.75, 3.05) is 13.7 Å². The van der Waals surface area contributed by atoms with Crippen molar-refractivity contribution in [2.45, 2.75) is 20.0 Å². The third-order valence-electron chi connectivity index (χ3n) is 2.26. The second-order valence-electron chi connectivity index (χ2n) is 3.51. The number of ether oxygens (including phenoxy) is 3. The number of hydrogen-bond donors (Lipinski definition) is 0. The fourth-order valence-electron chi connectivity index (χ4n) is 1.44. The first-order valence-electron chi connectivity index (χ1n) is 5.59. The van der Waals surface area contributed by atoms with Crippen LogP contribution in [0.25, 0.3) is 0 Å². The van der Waals surface area contributed by atoms with Crippen molar-refractivity contribution in [1.82, 2.24) is 0 Å². The van der Waals surface area contributed by atoms with Gasteiger partial charge < -0.3 is 14.2 Å². The summed E-state index contributed by atoms with van der Waals surface area (Å²) < 4.78 is 15.4. The molecule has 0 aliphatic carbocycles. The van der Waals surface area contributed by atoms with Gasteiger partial charge in [0.05, 0.1) is 19.3 Å². The van der Waals surface area contributed by atoms with E-state index in [1.54, 1.807) is 32.0 Å². The summed E-state index contributed by atoms with van der Waals surface area (Å²) in [6, 6.07) is 4.88. The lowest BCUT2D eigenvalue weighted by molar-refractivity contribution is -0.150. The molecule has 0 amide bonds. The largest absolute Gasteiger partial charge is 0.492 e. The van der Waals surface area contributed by atoms with Gasteiger partial charge in [0, 0.05) is 0 Å². The monoisotopic (exact) mass is 252 g/mol. The third kappa shape index (κ3) is 3.23. The average molecular weight is 252 g/mol. The average Bonchev–Trinajstić information content (AvgIpc) is 2.38. The predicted octanol–water partition coefficient (Wildman–Crippen LogP) is 1.84. The van der Waals surface area contributed by atoms with Crippen molar-refractivity contribution in [1.29, 1.82) is 0 Å². The molecule has 0 saturated heterocycles. The van der Waals surface area contributed by atoms with E-state index in [2.05, 4.69) is 0 Å². The molecule has 1 rings (SSSR count). The molecule has 0 saturated carbocycles. The second-order valence-corrected chi connectivity index (χ2v) is 3.51. The van der Waals surface area contributed by atoms with Gasteiger partial charge in [-0.3, -0.25) is 4.79 Å². The van der Waals surface area contributed by atoms with E-state index in [1.165, 1.54) is 7.11 Å². The summed E-state index contributed by atoms with van der Waals surface area (Å²) in [4.78, 5) is 22.3. The van der Waals surface area contributed by atoms with Crippen LogP contribution in [-0.2, 0) is 9.53 Å². The minimum atomic E-state index is -0.763. The van der Waals surface area contributed by atoms with Crippen LogP contribution in [0.1, 0.15) is 24.2 Å². The molecular weight excluding hydrogens is 236 g/mol. The van der Waals surface area contributed by atoms with Crippen LogP contribution in [0.4, 0.5) is 0 Å². The molecule has 0 radical (unpaired) electrons. The maximum atomic E-state index is 11.4. The van der Waals surface area contributed by atoms with E-state index in [0.717, 1.165) is 0 Å². The molecule has 0 fully saturated rings. The lowest BCUT2D eigenvalue weighted by Gasteiger charge is -2.16. The summed E-state index contributed by atoms with van der Waals surface area (Å²) in [5, 5.41) is 0. The van der Waals surface area contributed by atoms with Crippen molar-refractivity contribution >= 4 is 12.3 Å². The summed E-state index contributed by atoms with van der Waals surface area (Å²) >= 11 is 0. The van der Waals surface area contributed by atoms with E-state index in [-0.39, 0.29) is 6.61 Å². The molecule has 18 heavy (non-hydrogen) atoms. The summed E-state index contributed by atoms with van der Waals surface area (Å²) in [5.41, 5.74) is 0.367. The van der Waals surface area contributed by atoms with Gasteiger partial charge in [-0.2, -0.15) is 0 Å². The molecule has 5 nitrogen and oxygen atoms in total. The summed E-state index contributed by atoms with van der Waals surface area (Å²) in [5.74, 6) is 0.183. The number of aldehydes is 1. The normalized spacial score (nSPS) is 11.5. The van der Waals surface area contributed by atoms with Crippen molar-refractivity contribution in [3.05, 3.63) is 23.8 Å². The van der Waals surface area contributed by atoms with Crippen LogP contribution in [0.2, 0.25) is 0 Å². The van der Waals surface area contributed by atoms with Gasteiger partial charge in [-0.1, -0.05) is 6.07 Å². The molecule has 1 unspecified atom stereocenters. The third-order valence-corrected chi connectivity index (χ3v) is 2.26. The van der Waals surface area contributed by atoms with Gasteiger partial charge in [0.2, 0.25) is 0 Å². The molecule has 1 aromatic carbocycles. The van der Waals surface area contributed by atoms with Crippen molar-refractivity contribution in [2.24, 2.45) is 0 Å². The lowest BCUT2D eigenvalue weighted by Crippen LogP contribution is -2.26. The number of hydrogen-bond acceptors (Lipinski definition) is 5. The SMILES string of the molecule is CCOC(=O)C(C)Oc1cccc(C=O)c1OC. The van der Waals surface area contributed by atoms with Gasteiger partial charge in [0.15, 0.2) is 23.9 Å². The summed E-state index contributed by atoms with van der Waals surface area (Å²) in [6.07, 6.45) is -0.0958. The molecule has 0 heterocycles. The topological polar surface area (TPSA) is 61.8 Å². The highest BCUT2D eigenvalue weighted by Crippen LogP contribution is 2.30. The van der Waals surface area contributed by atoms with Gasteiger partial charge >= 0.3 is 5.97 Å². The Morgan fingerprint density at radius 3 is 2.72 bits per heavy atom. The Labute approximate surface area is 106 Å². The fourth-order valence-corrected chi connectivity index (χ4v) is 1.44. The highest BCUT2D eigenvalue weighted by Gasteiger charge is 2.19. The Morgan fingerprint density at radius 2 is 2.17 bits per heavy atom. The van der Waals surface area contributed by atoms with E-state index >= 15 is 0 Å². The van der Waals surface area contributed by atoms with Crippen LogP contribution in [0.3, 0.4) is 0 Å². The van der Waals surface area contributed by atoms with E-state index in [4.69, 9.17) is 14.2 Å². The number of carbonyl (C=O) groups is 2. The first kappa shape index (κ1) is 14.0. The molecule has 98 valence electrons. The molecule has 5 heteroatoms. The Hall–Kier alpha value is -2.04. The van der Waals surface area contributed by atoms with Crippen LogP contribution in [0, 0.1) is 0 Å². The number of rotatable bonds is 6. The summed E-state index contributed by atoms with van der Waals surface area (Å²) in [7, 11) is 1.43. The molecule has 1 atom stereocenters. The maximum absolute atomic E-state index is 11.4. The molecule has 1 aromatic rings. The molecule has 0 N–H and O–H groups in total. The molecule has 0 bridgehead atoms. The molecule has 0 aromatic heterocycles. The predicted molar refractivity (Wildman–Crippen MR) is 65.1 cm³/mol. The minimum Gasteiger partial charge on any atom is -0.492 e. The first-order valence-corrected chi connectivity index (χ1v) is 5.59. The van der Waals surface area contributed by atoms with E-state index in [1.807, 2.05) is 0 Å². The first-order chi connectivity index (χ1) is 8.63. The zero-order valence-electron chi connectivity index (χ0n) is 10.6. The van der Waals surface area contributed by atoms with E-state index < -0.39 is 12.1 Å². The van der Waals surface area contributed by atoms with Crippen molar-refractivity contribution in [3.8, 4) is 11.5 Å². The smallest absolute Gasteiger partial charge is 0.347 e. The van der Waals surface area contributed by atoms with Crippen LogP contribution in [-0.4, -0.2) is 32.1 Å². The number of methoxy groups -OCH3 is 1. The van der Waals surface area contributed by atoms with Crippen molar-refractivity contribution < 1.29 is 23.8 Å². The highest BCUT2D eigenvalue weighted by molar-refractivity contribution is 5.81. The van der Waals surface area contributed by atoms with Crippen LogP contribution >= 0.6 is 0 Å². The van der Waals surface area contributed by atoms with Gasteiger partial charge in [0.25, 0.3) is 0 Å². The molecule has 0 aliphatic heterocycles. The standard InChI is InChI=1S/C13H16O5/c1-4-17-13(15)9(2)18-11-7-5-6-10(8-14)12(11)16-3/h5-9H,4H2,1-3H3. The van der Waals surface area contributed by atoms with Crippen molar-refractivity contribution in [3.63, 3.8) is 0 Å². The number of carbonyl (C=O) groups excluding carboxylic acids is 2. The van der Waals surface area contributed by atoms with Gasteiger partial charge in [-0.25, -0.2) is 4.79 Å². The van der Waals surface area contributed by atoms with Crippen LogP contribution in [0.5, 0.6) is 11.5 Å². The Morgan fingerprint density at radius 1 is 1.44 bits per heavy atom. The van der Waals surface area contributed by atoms with Gasteiger partial charge in [-0.05, 0) is 26.0 Å². The zero-order valence-corrected chi connectivity index (χ0v) is 10.6.